The standard InChI is InChI=1S/C9H17N3O4/c1-6(8(14)15)5-12(3)9(16)11-4-7(13)10-2/h6H,4-5H2,1-3H3,(H,10,13)(H,11,16)(H,14,15). The lowest BCUT2D eigenvalue weighted by Gasteiger charge is -2.19. The van der Waals surface area contributed by atoms with Crippen LogP contribution in [0.5, 0.6) is 0 Å². The van der Waals surface area contributed by atoms with Gasteiger partial charge in [-0.25, -0.2) is 4.79 Å². The van der Waals surface area contributed by atoms with E-state index in [1.165, 1.54) is 25.9 Å². The van der Waals surface area contributed by atoms with Gasteiger partial charge in [-0.3, -0.25) is 9.59 Å². The Labute approximate surface area is 93.8 Å². The van der Waals surface area contributed by atoms with Crippen LogP contribution >= 0.6 is 0 Å². The van der Waals surface area contributed by atoms with E-state index in [0.717, 1.165) is 0 Å². The lowest BCUT2D eigenvalue weighted by atomic mass is 10.2. The predicted octanol–water partition coefficient (Wildman–Crippen LogP) is -0.905. The number of urea groups is 1. The second-order valence-electron chi connectivity index (χ2n) is 3.45. The minimum absolute atomic E-state index is 0.0922. The predicted molar refractivity (Wildman–Crippen MR) is 56.9 cm³/mol. The number of hydrogen-bond acceptors (Lipinski definition) is 3. The van der Waals surface area contributed by atoms with Crippen molar-refractivity contribution in [2.75, 3.05) is 27.2 Å². The zero-order valence-corrected chi connectivity index (χ0v) is 9.61. The maximum absolute atomic E-state index is 11.4. The monoisotopic (exact) mass is 231 g/mol. The third kappa shape index (κ3) is 5.18. The van der Waals surface area contributed by atoms with Crippen molar-refractivity contribution >= 4 is 17.9 Å². The summed E-state index contributed by atoms with van der Waals surface area (Å²) in [6.07, 6.45) is 0. The largest absolute Gasteiger partial charge is 0.481 e. The number of carboxylic acids is 1. The minimum atomic E-state index is -0.967. The van der Waals surface area contributed by atoms with Gasteiger partial charge in [0.15, 0.2) is 0 Å². The summed E-state index contributed by atoms with van der Waals surface area (Å²) in [5, 5.41) is 13.4. The van der Waals surface area contributed by atoms with Gasteiger partial charge in [-0.05, 0) is 0 Å². The zero-order chi connectivity index (χ0) is 12.7. The fourth-order valence-electron chi connectivity index (χ4n) is 0.951. The normalized spacial score (nSPS) is 11.4. The Morgan fingerprint density at radius 3 is 2.38 bits per heavy atom. The summed E-state index contributed by atoms with van der Waals surface area (Å²) in [7, 11) is 2.93. The average molecular weight is 231 g/mol. The van der Waals surface area contributed by atoms with Gasteiger partial charge in [-0.1, -0.05) is 6.92 Å². The molecule has 16 heavy (non-hydrogen) atoms. The number of hydrogen-bond donors (Lipinski definition) is 3. The van der Waals surface area contributed by atoms with E-state index in [1.807, 2.05) is 0 Å². The van der Waals surface area contributed by atoms with Crippen molar-refractivity contribution in [1.82, 2.24) is 15.5 Å². The van der Waals surface area contributed by atoms with Crippen molar-refractivity contribution in [2.24, 2.45) is 5.92 Å². The van der Waals surface area contributed by atoms with Gasteiger partial charge >= 0.3 is 12.0 Å². The molecular formula is C9H17N3O4. The molecule has 0 radical (unpaired) electrons. The summed E-state index contributed by atoms with van der Waals surface area (Å²) < 4.78 is 0. The maximum Gasteiger partial charge on any atom is 0.317 e. The highest BCUT2D eigenvalue weighted by atomic mass is 16.4. The molecule has 0 aliphatic carbocycles. The fraction of sp³-hybridized carbons (Fsp3) is 0.667. The molecule has 0 aliphatic rings. The van der Waals surface area contributed by atoms with Gasteiger partial charge in [-0.2, -0.15) is 0 Å². The summed E-state index contributed by atoms with van der Waals surface area (Å²) in [4.78, 5) is 34.0. The third-order valence-corrected chi connectivity index (χ3v) is 2.00. The second-order valence-corrected chi connectivity index (χ2v) is 3.45. The van der Waals surface area contributed by atoms with Crippen molar-refractivity contribution < 1.29 is 19.5 Å². The van der Waals surface area contributed by atoms with E-state index >= 15 is 0 Å². The van der Waals surface area contributed by atoms with Crippen molar-refractivity contribution in [3.8, 4) is 0 Å². The van der Waals surface area contributed by atoms with E-state index in [-0.39, 0.29) is 19.0 Å². The summed E-state index contributed by atoms with van der Waals surface area (Å²) in [6, 6.07) is -0.475. The molecule has 0 spiro atoms. The van der Waals surface area contributed by atoms with Gasteiger partial charge in [0.05, 0.1) is 12.5 Å². The number of carboxylic acid groups (broad SMARTS) is 1. The number of nitrogens with one attached hydrogen (secondary N) is 2. The Balaban J connectivity index is 3.99. The number of carbonyl (C=O) groups is 3. The van der Waals surface area contributed by atoms with Crippen LogP contribution in [0.15, 0.2) is 0 Å². The van der Waals surface area contributed by atoms with Gasteiger partial charge in [-0.15, -0.1) is 0 Å². The maximum atomic E-state index is 11.4. The number of amides is 3. The van der Waals surface area contributed by atoms with Crippen LogP contribution in [0, 0.1) is 5.92 Å². The molecule has 92 valence electrons. The van der Waals surface area contributed by atoms with Gasteiger partial charge in [0.25, 0.3) is 0 Å². The zero-order valence-electron chi connectivity index (χ0n) is 9.61. The van der Waals surface area contributed by atoms with E-state index in [9.17, 15) is 14.4 Å². The molecule has 1 unspecified atom stereocenters. The number of carbonyl (C=O) groups excluding carboxylic acids is 2. The van der Waals surface area contributed by atoms with Crippen LogP contribution in [0.4, 0.5) is 4.79 Å². The van der Waals surface area contributed by atoms with Crippen molar-refractivity contribution in [2.45, 2.75) is 6.92 Å². The van der Waals surface area contributed by atoms with Crippen LogP contribution in [-0.2, 0) is 9.59 Å². The summed E-state index contributed by atoms with van der Waals surface area (Å²) in [5.74, 6) is -1.92. The van der Waals surface area contributed by atoms with Crippen LogP contribution in [-0.4, -0.2) is 55.1 Å². The number of rotatable bonds is 5. The van der Waals surface area contributed by atoms with E-state index in [0.29, 0.717) is 0 Å². The van der Waals surface area contributed by atoms with Gasteiger partial charge in [0, 0.05) is 20.6 Å². The Hall–Kier alpha value is -1.79. The molecule has 3 amide bonds. The summed E-state index contributed by atoms with van der Waals surface area (Å²) in [6.45, 7) is 1.47. The molecule has 0 aromatic carbocycles. The Morgan fingerprint density at radius 1 is 1.38 bits per heavy atom. The molecule has 0 rings (SSSR count). The first-order chi connectivity index (χ1) is 7.38. The molecular weight excluding hydrogens is 214 g/mol. The first kappa shape index (κ1) is 14.2. The highest BCUT2D eigenvalue weighted by molar-refractivity contribution is 5.83. The van der Waals surface area contributed by atoms with Crippen LogP contribution < -0.4 is 10.6 Å². The van der Waals surface area contributed by atoms with Gasteiger partial charge in [0.1, 0.15) is 0 Å². The molecule has 0 fully saturated rings. The molecule has 0 aromatic rings. The molecule has 0 saturated carbocycles. The molecule has 0 saturated heterocycles. The number of likely N-dealkylation sites (N-methyl/N-ethyl adjacent to an activating group) is 1. The van der Waals surface area contributed by atoms with E-state index < -0.39 is 17.9 Å². The van der Waals surface area contributed by atoms with Crippen molar-refractivity contribution in [3.05, 3.63) is 0 Å². The van der Waals surface area contributed by atoms with Crippen LogP contribution in [0.1, 0.15) is 6.92 Å². The topological polar surface area (TPSA) is 98.7 Å². The van der Waals surface area contributed by atoms with Crippen LogP contribution in [0.25, 0.3) is 0 Å². The highest BCUT2D eigenvalue weighted by Crippen LogP contribution is 1.97. The molecule has 7 nitrogen and oxygen atoms in total. The SMILES string of the molecule is CNC(=O)CNC(=O)N(C)CC(C)C(=O)O. The lowest BCUT2D eigenvalue weighted by molar-refractivity contribution is -0.141. The molecule has 0 aliphatic heterocycles. The van der Waals surface area contributed by atoms with E-state index in [4.69, 9.17) is 5.11 Å². The molecule has 0 bridgehead atoms. The molecule has 3 N–H and O–H groups in total. The van der Waals surface area contributed by atoms with Crippen LogP contribution in [0.3, 0.4) is 0 Å². The average Bonchev–Trinajstić information content (AvgIpc) is 2.24. The van der Waals surface area contributed by atoms with Gasteiger partial charge in [0.2, 0.25) is 5.91 Å². The minimum Gasteiger partial charge on any atom is -0.481 e. The molecule has 7 heteroatoms. The van der Waals surface area contributed by atoms with E-state index in [2.05, 4.69) is 10.6 Å². The van der Waals surface area contributed by atoms with Gasteiger partial charge < -0.3 is 20.6 Å². The smallest absolute Gasteiger partial charge is 0.317 e. The van der Waals surface area contributed by atoms with Crippen molar-refractivity contribution in [3.63, 3.8) is 0 Å². The van der Waals surface area contributed by atoms with Crippen LogP contribution in [0.2, 0.25) is 0 Å². The van der Waals surface area contributed by atoms with E-state index in [1.54, 1.807) is 0 Å². The number of nitrogens with zero attached hydrogens (tertiary/aromatic N) is 1. The Kier molecular flexibility index (Phi) is 5.91. The second kappa shape index (κ2) is 6.65. The quantitative estimate of drug-likeness (QED) is 0.570. The summed E-state index contributed by atoms with van der Waals surface area (Å²) in [5.41, 5.74) is 0. The third-order valence-electron chi connectivity index (χ3n) is 2.00. The fourth-order valence-corrected chi connectivity index (χ4v) is 0.951. The number of aliphatic carboxylic acids is 1. The summed E-state index contributed by atoms with van der Waals surface area (Å²) >= 11 is 0. The Morgan fingerprint density at radius 2 is 1.94 bits per heavy atom. The molecule has 0 aromatic heterocycles. The molecule has 1 atom stereocenters. The lowest BCUT2D eigenvalue weighted by Crippen LogP contribution is -2.44. The first-order valence-corrected chi connectivity index (χ1v) is 4.80. The first-order valence-electron chi connectivity index (χ1n) is 4.80. The van der Waals surface area contributed by atoms with Crippen molar-refractivity contribution in [1.29, 1.82) is 0 Å². The highest BCUT2D eigenvalue weighted by Gasteiger charge is 2.17. The Bertz CT molecular complexity index is 280. The molecule has 0 heterocycles.